The van der Waals surface area contributed by atoms with E-state index in [1.165, 1.54) is 0 Å². The molecule has 0 aromatic heterocycles. The van der Waals surface area contributed by atoms with Gasteiger partial charge in [-0.15, -0.1) is 12.4 Å². The molecule has 0 aromatic rings. The van der Waals surface area contributed by atoms with Crippen LogP contribution in [0.1, 0.15) is 26.2 Å². The number of nitrogens with one attached hydrogen (secondary N) is 1. The lowest BCUT2D eigenvalue weighted by Gasteiger charge is -2.20. The van der Waals surface area contributed by atoms with Crippen LogP contribution in [0, 0.1) is 0 Å². The van der Waals surface area contributed by atoms with Crippen LogP contribution in [-0.4, -0.2) is 18.4 Å². The Bertz CT molecular complexity index is 116. The van der Waals surface area contributed by atoms with Crippen LogP contribution in [0.3, 0.4) is 0 Å². The number of piperidine rings is 1. The Morgan fingerprint density at radius 3 is 2.80 bits per heavy atom. The number of carbonyl (C=O) groups excluding carboxylic acids is 1. The molecule has 1 atom stereocenters. The Kier molecular flexibility index (Phi) is 4.65. The fourth-order valence-corrected chi connectivity index (χ4v) is 1.15. The van der Waals surface area contributed by atoms with Gasteiger partial charge in [0.2, 0.25) is 0 Å². The zero-order valence-corrected chi connectivity index (χ0v) is 7.04. The molecule has 0 amide bonds. The molecule has 0 bridgehead atoms. The van der Waals surface area contributed by atoms with Crippen molar-refractivity contribution in [3.8, 4) is 0 Å². The molecule has 1 fully saturated rings. The average Bonchev–Trinajstić information content (AvgIpc) is 1.88. The van der Waals surface area contributed by atoms with Gasteiger partial charge in [0.1, 0.15) is 5.78 Å². The molecule has 1 aliphatic rings. The molecule has 0 unspecified atom stereocenters. The van der Waals surface area contributed by atoms with Crippen molar-refractivity contribution >= 4 is 18.2 Å². The van der Waals surface area contributed by atoms with Gasteiger partial charge in [-0.3, -0.25) is 4.79 Å². The number of halogens is 1. The maximum Gasteiger partial charge on any atom is 0.135 e. The standard InChI is InChI=1S/C7H13NO.ClH/c1-2-6-5-7(9)3-4-8-6;/h6,8H,2-5H2,1H3;1H/t6-;/m0./s1. The molecule has 3 heteroatoms. The van der Waals surface area contributed by atoms with Gasteiger partial charge in [0, 0.05) is 25.4 Å². The summed E-state index contributed by atoms with van der Waals surface area (Å²) in [6, 6.07) is 0.464. The molecule has 10 heavy (non-hydrogen) atoms. The topological polar surface area (TPSA) is 29.1 Å². The van der Waals surface area contributed by atoms with Crippen LogP contribution in [0.25, 0.3) is 0 Å². The van der Waals surface area contributed by atoms with Crippen LogP contribution < -0.4 is 5.32 Å². The van der Waals surface area contributed by atoms with Gasteiger partial charge in [0.25, 0.3) is 0 Å². The van der Waals surface area contributed by atoms with E-state index >= 15 is 0 Å². The fourth-order valence-electron chi connectivity index (χ4n) is 1.15. The summed E-state index contributed by atoms with van der Waals surface area (Å²) in [5, 5.41) is 3.28. The van der Waals surface area contributed by atoms with Crippen LogP contribution >= 0.6 is 12.4 Å². The summed E-state index contributed by atoms with van der Waals surface area (Å²) in [5.74, 6) is 0.417. The molecule has 0 spiro atoms. The van der Waals surface area contributed by atoms with Crippen molar-refractivity contribution in [1.29, 1.82) is 0 Å². The normalized spacial score (nSPS) is 25.7. The van der Waals surface area contributed by atoms with Crippen LogP contribution in [-0.2, 0) is 4.79 Å². The predicted molar refractivity (Wildman–Crippen MR) is 43.6 cm³/mol. The average molecular weight is 164 g/mol. The molecular formula is C7H14ClNO. The molecule has 0 saturated carbocycles. The summed E-state index contributed by atoms with van der Waals surface area (Å²) in [4.78, 5) is 10.8. The summed E-state index contributed by atoms with van der Waals surface area (Å²) in [7, 11) is 0. The molecule has 1 rings (SSSR count). The molecule has 2 nitrogen and oxygen atoms in total. The maximum absolute atomic E-state index is 10.8. The molecule has 60 valence electrons. The Balaban J connectivity index is 0.000000810. The molecule has 1 saturated heterocycles. The number of ketones is 1. The smallest absolute Gasteiger partial charge is 0.135 e. The second-order valence-electron chi connectivity index (χ2n) is 2.55. The second-order valence-corrected chi connectivity index (χ2v) is 2.55. The van der Waals surface area contributed by atoms with Crippen molar-refractivity contribution in [3.63, 3.8) is 0 Å². The van der Waals surface area contributed by atoms with Crippen molar-refractivity contribution in [2.45, 2.75) is 32.2 Å². The third kappa shape index (κ3) is 2.67. The van der Waals surface area contributed by atoms with Crippen molar-refractivity contribution in [2.24, 2.45) is 0 Å². The third-order valence-electron chi connectivity index (χ3n) is 1.80. The van der Waals surface area contributed by atoms with E-state index in [1.807, 2.05) is 0 Å². The van der Waals surface area contributed by atoms with E-state index in [-0.39, 0.29) is 12.4 Å². The Morgan fingerprint density at radius 1 is 1.70 bits per heavy atom. The molecule has 1 aliphatic heterocycles. The minimum absolute atomic E-state index is 0. The molecule has 1 N–H and O–H groups in total. The highest BCUT2D eigenvalue weighted by atomic mass is 35.5. The van der Waals surface area contributed by atoms with Crippen molar-refractivity contribution in [3.05, 3.63) is 0 Å². The van der Waals surface area contributed by atoms with Gasteiger partial charge in [-0.25, -0.2) is 0 Å². The first kappa shape index (κ1) is 9.92. The second kappa shape index (κ2) is 4.69. The third-order valence-corrected chi connectivity index (χ3v) is 1.80. The Morgan fingerprint density at radius 2 is 2.40 bits per heavy atom. The van der Waals surface area contributed by atoms with Gasteiger partial charge in [-0.1, -0.05) is 6.92 Å². The van der Waals surface area contributed by atoms with E-state index in [0.717, 1.165) is 25.8 Å². The number of rotatable bonds is 1. The highest BCUT2D eigenvalue weighted by molar-refractivity contribution is 5.85. The van der Waals surface area contributed by atoms with Crippen LogP contribution in [0.2, 0.25) is 0 Å². The quantitative estimate of drug-likeness (QED) is 0.628. The van der Waals surface area contributed by atoms with Gasteiger partial charge in [-0.05, 0) is 6.42 Å². The zero-order valence-electron chi connectivity index (χ0n) is 6.22. The first-order valence-electron chi connectivity index (χ1n) is 3.58. The molecule has 0 aromatic carbocycles. The van der Waals surface area contributed by atoms with Gasteiger partial charge >= 0.3 is 0 Å². The van der Waals surface area contributed by atoms with Crippen LogP contribution in [0.15, 0.2) is 0 Å². The first-order chi connectivity index (χ1) is 4.33. The molecule has 1 heterocycles. The van der Waals surface area contributed by atoms with E-state index in [0.29, 0.717) is 11.8 Å². The van der Waals surface area contributed by atoms with E-state index in [4.69, 9.17) is 0 Å². The Labute approximate surface area is 67.8 Å². The first-order valence-corrected chi connectivity index (χ1v) is 3.58. The summed E-state index contributed by atoms with van der Waals surface area (Å²) >= 11 is 0. The molecule has 0 radical (unpaired) electrons. The van der Waals surface area contributed by atoms with E-state index in [2.05, 4.69) is 12.2 Å². The summed E-state index contributed by atoms with van der Waals surface area (Å²) < 4.78 is 0. The number of Topliss-reactive ketones (excluding diaryl/α,β-unsaturated/α-hetero) is 1. The number of carbonyl (C=O) groups is 1. The lowest BCUT2D eigenvalue weighted by Crippen LogP contribution is -2.37. The minimum atomic E-state index is 0. The fraction of sp³-hybridized carbons (Fsp3) is 0.857. The van der Waals surface area contributed by atoms with Crippen LogP contribution in [0.5, 0.6) is 0 Å². The van der Waals surface area contributed by atoms with E-state index < -0.39 is 0 Å². The SMILES string of the molecule is CC[C@H]1CC(=O)CCN1.Cl. The van der Waals surface area contributed by atoms with Crippen molar-refractivity contribution in [1.82, 2.24) is 5.32 Å². The van der Waals surface area contributed by atoms with E-state index in [1.54, 1.807) is 0 Å². The van der Waals surface area contributed by atoms with E-state index in [9.17, 15) is 4.79 Å². The van der Waals surface area contributed by atoms with Crippen LogP contribution in [0.4, 0.5) is 0 Å². The highest BCUT2D eigenvalue weighted by Crippen LogP contribution is 2.05. The lowest BCUT2D eigenvalue weighted by atomic mass is 10.0. The highest BCUT2D eigenvalue weighted by Gasteiger charge is 2.15. The zero-order chi connectivity index (χ0) is 6.69. The maximum atomic E-state index is 10.8. The predicted octanol–water partition coefficient (Wildman–Crippen LogP) is 1.14. The Hall–Kier alpha value is -0.0800. The molecule has 0 aliphatic carbocycles. The van der Waals surface area contributed by atoms with Crippen molar-refractivity contribution in [2.75, 3.05) is 6.54 Å². The molecular weight excluding hydrogens is 150 g/mol. The summed E-state index contributed by atoms with van der Waals surface area (Å²) in [6.45, 7) is 2.99. The largest absolute Gasteiger partial charge is 0.313 e. The number of hydrogen-bond acceptors (Lipinski definition) is 2. The summed E-state index contributed by atoms with van der Waals surface area (Å²) in [5.41, 5.74) is 0. The van der Waals surface area contributed by atoms with Crippen molar-refractivity contribution < 1.29 is 4.79 Å². The van der Waals surface area contributed by atoms with Gasteiger partial charge in [0.05, 0.1) is 0 Å². The summed E-state index contributed by atoms with van der Waals surface area (Å²) in [6.07, 6.45) is 2.55. The lowest BCUT2D eigenvalue weighted by molar-refractivity contribution is -0.120. The van der Waals surface area contributed by atoms with Gasteiger partial charge in [0.15, 0.2) is 0 Å². The minimum Gasteiger partial charge on any atom is -0.313 e. The monoisotopic (exact) mass is 163 g/mol. The number of hydrogen-bond donors (Lipinski definition) is 1. The van der Waals surface area contributed by atoms with Gasteiger partial charge < -0.3 is 5.32 Å². The van der Waals surface area contributed by atoms with Gasteiger partial charge in [-0.2, -0.15) is 0 Å².